The molecule has 0 spiro atoms. The zero-order valence-electron chi connectivity index (χ0n) is 11.8. The first-order chi connectivity index (χ1) is 10.6. The van der Waals surface area contributed by atoms with Crippen LogP contribution in [0.15, 0.2) is 42.5 Å². The van der Waals surface area contributed by atoms with Crippen molar-refractivity contribution in [1.82, 2.24) is 0 Å². The van der Waals surface area contributed by atoms with Crippen LogP contribution < -0.4 is 10.1 Å². The van der Waals surface area contributed by atoms with E-state index in [2.05, 4.69) is 10.1 Å². The number of amides is 1. The lowest BCUT2D eigenvalue weighted by Crippen LogP contribution is -2.12. The van der Waals surface area contributed by atoms with Gasteiger partial charge in [0.05, 0.1) is 0 Å². The second-order valence-electron chi connectivity index (χ2n) is 5.19. The summed E-state index contributed by atoms with van der Waals surface area (Å²) >= 11 is 0. The van der Waals surface area contributed by atoms with Crippen molar-refractivity contribution in [3.8, 4) is 5.75 Å². The van der Waals surface area contributed by atoms with Crippen LogP contribution in [0.2, 0.25) is 0 Å². The number of anilines is 1. The first-order valence-corrected chi connectivity index (χ1v) is 7.10. The Morgan fingerprint density at radius 3 is 2.50 bits per heavy atom. The first kappa shape index (κ1) is 14.5. The van der Waals surface area contributed by atoms with Crippen LogP contribution in [0.5, 0.6) is 5.75 Å². The van der Waals surface area contributed by atoms with Gasteiger partial charge in [-0.3, -0.25) is 4.79 Å². The minimum atomic E-state index is -2.87. The molecule has 3 rings (SSSR count). The van der Waals surface area contributed by atoms with Crippen molar-refractivity contribution in [3.05, 3.63) is 59.2 Å². The summed E-state index contributed by atoms with van der Waals surface area (Å²) in [4.78, 5) is 12.1. The Bertz CT molecular complexity index is 684. The average molecular weight is 303 g/mol. The third kappa shape index (κ3) is 3.24. The molecular formula is C17H15F2NO2. The van der Waals surface area contributed by atoms with E-state index in [1.807, 2.05) is 18.2 Å². The van der Waals surface area contributed by atoms with Gasteiger partial charge in [-0.05, 0) is 66.8 Å². The predicted octanol–water partition coefficient (Wildman–Crippen LogP) is 4.03. The molecule has 1 aliphatic carbocycles. The van der Waals surface area contributed by atoms with Gasteiger partial charge in [-0.25, -0.2) is 0 Å². The summed E-state index contributed by atoms with van der Waals surface area (Å²) in [5, 5.41) is 2.82. The van der Waals surface area contributed by atoms with Crippen LogP contribution in [0.4, 0.5) is 14.5 Å². The summed E-state index contributed by atoms with van der Waals surface area (Å²) in [6.45, 7) is -2.87. The Hall–Kier alpha value is -2.43. The van der Waals surface area contributed by atoms with Crippen LogP contribution in [-0.2, 0) is 12.8 Å². The van der Waals surface area contributed by atoms with Gasteiger partial charge >= 0.3 is 6.61 Å². The molecule has 0 heterocycles. The lowest BCUT2D eigenvalue weighted by Gasteiger charge is -2.08. The van der Waals surface area contributed by atoms with Crippen LogP contribution in [-0.4, -0.2) is 12.5 Å². The zero-order valence-corrected chi connectivity index (χ0v) is 11.8. The molecule has 114 valence electrons. The van der Waals surface area contributed by atoms with Crippen molar-refractivity contribution in [2.75, 3.05) is 5.32 Å². The van der Waals surface area contributed by atoms with Crippen molar-refractivity contribution in [2.45, 2.75) is 25.9 Å². The van der Waals surface area contributed by atoms with Gasteiger partial charge in [0.15, 0.2) is 0 Å². The Balaban J connectivity index is 1.69. The lowest BCUT2D eigenvalue weighted by atomic mass is 10.1. The van der Waals surface area contributed by atoms with Gasteiger partial charge in [0.25, 0.3) is 5.91 Å². The van der Waals surface area contributed by atoms with E-state index in [9.17, 15) is 13.6 Å². The Morgan fingerprint density at radius 2 is 1.77 bits per heavy atom. The number of carbonyl (C=O) groups excluding carboxylic acids is 1. The monoisotopic (exact) mass is 303 g/mol. The highest BCUT2D eigenvalue weighted by molar-refractivity contribution is 6.04. The van der Waals surface area contributed by atoms with Crippen LogP contribution in [0.3, 0.4) is 0 Å². The maximum atomic E-state index is 12.1. The number of ether oxygens (including phenoxy) is 1. The third-order valence-corrected chi connectivity index (χ3v) is 3.70. The number of carbonyl (C=O) groups is 1. The first-order valence-electron chi connectivity index (χ1n) is 7.10. The van der Waals surface area contributed by atoms with Gasteiger partial charge in [-0.2, -0.15) is 8.78 Å². The largest absolute Gasteiger partial charge is 0.435 e. The second-order valence-corrected chi connectivity index (χ2v) is 5.19. The van der Waals surface area contributed by atoms with Crippen molar-refractivity contribution >= 4 is 11.6 Å². The third-order valence-electron chi connectivity index (χ3n) is 3.70. The molecule has 1 N–H and O–H groups in total. The number of hydrogen-bond acceptors (Lipinski definition) is 2. The predicted molar refractivity (Wildman–Crippen MR) is 79.5 cm³/mol. The van der Waals surface area contributed by atoms with Gasteiger partial charge in [0, 0.05) is 11.3 Å². The van der Waals surface area contributed by atoms with Crippen LogP contribution >= 0.6 is 0 Å². The summed E-state index contributed by atoms with van der Waals surface area (Å²) in [6, 6.07) is 11.5. The van der Waals surface area contributed by atoms with Crippen molar-refractivity contribution in [1.29, 1.82) is 0 Å². The van der Waals surface area contributed by atoms with Gasteiger partial charge in [-0.1, -0.05) is 6.07 Å². The van der Waals surface area contributed by atoms with Gasteiger partial charge in [0.2, 0.25) is 0 Å². The Labute approximate surface area is 126 Å². The lowest BCUT2D eigenvalue weighted by molar-refractivity contribution is -0.0498. The van der Waals surface area contributed by atoms with E-state index in [-0.39, 0.29) is 11.7 Å². The smallest absolute Gasteiger partial charge is 0.387 e. The molecule has 0 atom stereocenters. The fraction of sp³-hybridized carbons (Fsp3) is 0.235. The minimum absolute atomic E-state index is 0.0316. The average Bonchev–Trinajstić information content (AvgIpc) is 2.95. The summed E-state index contributed by atoms with van der Waals surface area (Å²) in [6.07, 6.45) is 3.28. The molecule has 0 fully saturated rings. The summed E-state index contributed by atoms with van der Waals surface area (Å²) < 4.78 is 28.4. The number of hydrogen-bond donors (Lipinski definition) is 1. The topological polar surface area (TPSA) is 38.3 Å². The molecule has 2 aromatic carbocycles. The Kier molecular flexibility index (Phi) is 4.04. The van der Waals surface area contributed by atoms with Gasteiger partial charge in [0.1, 0.15) is 5.75 Å². The maximum Gasteiger partial charge on any atom is 0.387 e. The van der Waals surface area contributed by atoms with Crippen LogP contribution in [0.1, 0.15) is 27.9 Å². The molecule has 0 radical (unpaired) electrons. The highest BCUT2D eigenvalue weighted by Crippen LogP contribution is 2.25. The SMILES string of the molecule is O=C(Nc1ccc2c(c1)CCC2)c1ccc(OC(F)F)cc1. The fourth-order valence-electron chi connectivity index (χ4n) is 2.64. The molecule has 0 aromatic heterocycles. The highest BCUT2D eigenvalue weighted by Gasteiger charge is 2.13. The summed E-state index contributed by atoms with van der Waals surface area (Å²) in [7, 11) is 0. The van der Waals surface area contributed by atoms with Gasteiger partial charge in [-0.15, -0.1) is 0 Å². The summed E-state index contributed by atoms with van der Waals surface area (Å²) in [5.74, 6) is -0.245. The quantitative estimate of drug-likeness (QED) is 0.926. The molecule has 2 aromatic rings. The van der Waals surface area contributed by atoms with Crippen LogP contribution in [0, 0.1) is 0 Å². The van der Waals surface area contributed by atoms with E-state index in [1.165, 1.54) is 35.4 Å². The van der Waals surface area contributed by atoms with Crippen molar-refractivity contribution < 1.29 is 18.3 Å². The molecule has 0 saturated carbocycles. The molecule has 0 aliphatic heterocycles. The molecule has 0 bridgehead atoms. The second kappa shape index (κ2) is 6.13. The highest BCUT2D eigenvalue weighted by atomic mass is 19.3. The number of benzene rings is 2. The molecule has 1 amide bonds. The number of fused-ring (bicyclic) bond motifs is 1. The fourth-order valence-corrected chi connectivity index (χ4v) is 2.64. The van der Waals surface area contributed by atoms with Crippen molar-refractivity contribution in [3.63, 3.8) is 0 Å². The van der Waals surface area contributed by atoms with Crippen LogP contribution in [0.25, 0.3) is 0 Å². The van der Waals surface area contributed by atoms with E-state index in [1.54, 1.807) is 0 Å². The van der Waals surface area contributed by atoms with E-state index in [0.717, 1.165) is 24.9 Å². The van der Waals surface area contributed by atoms with E-state index < -0.39 is 6.61 Å². The number of aryl methyl sites for hydroxylation is 2. The Morgan fingerprint density at radius 1 is 1.05 bits per heavy atom. The molecule has 0 saturated heterocycles. The molecular weight excluding hydrogens is 288 g/mol. The van der Waals surface area contributed by atoms with Gasteiger partial charge < -0.3 is 10.1 Å². The molecule has 0 unspecified atom stereocenters. The number of rotatable bonds is 4. The molecule has 1 aliphatic rings. The molecule has 22 heavy (non-hydrogen) atoms. The standard InChI is InChI=1S/C17H15F2NO2/c18-17(19)22-15-8-5-12(6-9-15)16(21)20-14-7-4-11-2-1-3-13(11)10-14/h4-10,17H,1-3H2,(H,20,21). The van der Waals surface area contributed by atoms with E-state index in [4.69, 9.17) is 0 Å². The minimum Gasteiger partial charge on any atom is -0.435 e. The molecule has 3 nitrogen and oxygen atoms in total. The summed E-state index contributed by atoms with van der Waals surface area (Å²) in [5.41, 5.74) is 3.76. The van der Waals surface area contributed by atoms with E-state index >= 15 is 0 Å². The number of halogens is 2. The van der Waals surface area contributed by atoms with Crippen molar-refractivity contribution in [2.24, 2.45) is 0 Å². The number of alkyl halides is 2. The zero-order chi connectivity index (χ0) is 15.5. The van der Waals surface area contributed by atoms with E-state index in [0.29, 0.717) is 5.56 Å². The number of nitrogens with one attached hydrogen (secondary N) is 1. The molecule has 5 heteroatoms. The maximum absolute atomic E-state index is 12.1. The normalized spacial score (nSPS) is 13.0.